The van der Waals surface area contributed by atoms with Crippen LogP contribution in [0.3, 0.4) is 0 Å². The molecular weight excluding hydrogens is 208 g/mol. The Kier molecular flexibility index (Phi) is 2.96. The zero-order chi connectivity index (χ0) is 10.9. The van der Waals surface area contributed by atoms with Crippen LogP contribution in [0.15, 0.2) is 0 Å². The summed E-state index contributed by atoms with van der Waals surface area (Å²) in [6.45, 7) is 1.66. The highest BCUT2D eigenvalue weighted by atomic mass is 35.5. The van der Waals surface area contributed by atoms with Gasteiger partial charge in [-0.25, -0.2) is 0 Å². The molecule has 1 rings (SSSR count). The quantitative estimate of drug-likeness (QED) is 0.747. The van der Waals surface area contributed by atoms with Gasteiger partial charge in [-0.05, 0) is 6.92 Å². The average molecular weight is 219 g/mol. The highest BCUT2D eigenvalue weighted by molar-refractivity contribution is 6.33. The lowest BCUT2D eigenvalue weighted by Crippen LogP contribution is -1.93. The maximum absolute atomic E-state index is 9.50. The number of methoxy groups -OCH3 is 2. The largest absolute Gasteiger partial charge is 0.502 e. The Morgan fingerprint density at radius 1 is 1.00 bits per heavy atom. The van der Waals surface area contributed by atoms with Gasteiger partial charge in [0, 0.05) is 5.56 Å². The molecule has 0 saturated carbocycles. The van der Waals surface area contributed by atoms with Gasteiger partial charge in [-0.1, -0.05) is 11.6 Å². The Balaban J connectivity index is 3.55. The second-order valence-electron chi connectivity index (χ2n) is 2.70. The molecule has 78 valence electrons. The first kappa shape index (κ1) is 10.8. The zero-order valence-corrected chi connectivity index (χ0v) is 8.84. The Morgan fingerprint density at radius 3 is 1.86 bits per heavy atom. The predicted molar refractivity (Wildman–Crippen MR) is 52.6 cm³/mol. The summed E-state index contributed by atoms with van der Waals surface area (Å²) in [6, 6.07) is 0. The summed E-state index contributed by atoms with van der Waals surface area (Å²) in [5.41, 5.74) is 0.515. The van der Waals surface area contributed by atoms with Gasteiger partial charge < -0.3 is 19.7 Å². The van der Waals surface area contributed by atoms with Gasteiger partial charge in [0.15, 0.2) is 11.5 Å². The minimum atomic E-state index is -0.417. The lowest BCUT2D eigenvalue weighted by molar-refractivity contribution is 0.326. The summed E-state index contributed by atoms with van der Waals surface area (Å²) in [4.78, 5) is 0. The van der Waals surface area contributed by atoms with Gasteiger partial charge >= 0.3 is 0 Å². The molecule has 0 saturated heterocycles. The van der Waals surface area contributed by atoms with Gasteiger partial charge in [0.1, 0.15) is 0 Å². The number of ether oxygens (including phenoxy) is 2. The molecule has 0 fully saturated rings. The number of aromatic hydroxyl groups is 2. The van der Waals surface area contributed by atoms with Crippen LogP contribution in [0.25, 0.3) is 0 Å². The second kappa shape index (κ2) is 3.84. The molecule has 5 heteroatoms. The summed E-state index contributed by atoms with van der Waals surface area (Å²) >= 11 is 5.88. The fraction of sp³-hybridized carbons (Fsp3) is 0.333. The molecule has 14 heavy (non-hydrogen) atoms. The molecule has 0 aliphatic heterocycles. The van der Waals surface area contributed by atoms with Crippen molar-refractivity contribution in [3.05, 3.63) is 10.6 Å². The van der Waals surface area contributed by atoms with E-state index in [1.54, 1.807) is 6.92 Å². The third kappa shape index (κ3) is 1.42. The molecule has 0 heterocycles. The summed E-state index contributed by atoms with van der Waals surface area (Å²) in [5, 5.41) is 19.2. The first-order chi connectivity index (χ1) is 6.54. The molecule has 0 aromatic heterocycles. The van der Waals surface area contributed by atoms with Crippen molar-refractivity contribution in [2.75, 3.05) is 14.2 Å². The van der Waals surface area contributed by atoms with Gasteiger partial charge in [0.2, 0.25) is 11.5 Å². The summed E-state index contributed by atoms with van der Waals surface area (Å²) in [6.07, 6.45) is 0. The van der Waals surface area contributed by atoms with E-state index in [2.05, 4.69) is 0 Å². The Labute approximate surface area is 86.6 Å². The van der Waals surface area contributed by atoms with E-state index in [0.717, 1.165) is 0 Å². The van der Waals surface area contributed by atoms with Crippen LogP contribution in [0.1, 0.15) is 5.56 Å². The molecule has 0 bridgehead atoms. The van der Waals surface area contributed by atoms with Gasteiger partial charge in [0.25, 0.3) is 0 Å². The molecule has 4 nitrogen and oxygen atoms in total. The summed E-state index contributed by atoms with van der Waals surface area (Å²) < 4.78 is 9.73. The molecule has 1 aromatic rings. The number of phenols is 2. The van der Waals surface area contributed by atoms with E-state index in [-0.39, 0.29) is 22.3 Å². The van der Waals surface area contributed by atoms with Crippen molar-refractivity contribution in [3.8, 4) is 23.0 Å². The summed E-state index contributed by atoms with van der Waals surface area (Å²) in [7, 11) is 2.73. The molecule has 0 spiro atoms. The van der Waals surface area contributed by atoms with Crippen LogP contribution >= 0.6 is 11.6 Å². The van der Waals surface area contributed by atoms with Crippen LogP contribution in [-0.4, -0.2) is 24.4 Å². The molecule has 0 radical (unpaired) electrons. The first-order valence-electron chi connectivity index (χ1n) is 3.86. The fourth-order valence-electron chi connectivity index (χ4n) is 1.20. The van der Waals surface area contributed by atoms with Gasteiger partial charge in [-0.3, -0.25) is 0 Å². The third-order valence-electron chi connectivity index (χ3n) is 1.93. The number of benzene rings is 1. The number of phenolic OH excluding ortho intramolecular Hbond substituents is 2. The maximum Gasteiger partial charge on any atom is 0.206 e. The van der Waals surface area contributed by atoms with E-state index in [0.29, 0.717) is 5.56 Å². The molecule has 0 aliphatic rings. The zero-order valence-electron chi connectivity index (χ0n) is 8.09. The van der Waals surface area contributed by atoms with Crippen LogP contribution in [-0.2, 0) is 0 Å². The Morgan fingerprint density at radius 2 is 1.43 bits per heavy atom. The molecular formula is C9H11ClO4. The van der Waals surface area contributed by atoms with Crippen molar-refractivity contribution >= 4 is 11.6 Å². The first-order valence-corrected chi connectivity index (χ1v) is 4.24. The second-order valence-corrected chi connectivity index (χ2v) is 3.08. The molecule has 2 N–H and O–H groups in total. The normalized spacial score (nSPS) is 10.0. The SMILES string of the molecule is COc1c(C)c(Cl)c(OC)c(O)c1O. The van der Waals surface area contributed by atoms with E-state index in [9.17, 15) is 10.2 Å². The Hall–Kier alpha value is -1.29. The monoisotopic (exact) mass is 218 g/mol. The van der Waals surface area contributed by atoms with Crippen LogP contribution in [0.4, 0.5) is 0 Å². The third-order valence-corrected chi connectivity index (χ3v) is 2.39. The van der Waals surface area contributed by atoms with Gasteiger partial charge in [-0.2, -0.15) is 0 Å². The van der Waals surface area contributed by atoms with Crippen molar-refractivity contribution in [3.63, 3.8) is 0 Å². The van der Waals surface area contributed by atoms with Gasteiger partial charge in [-0.15, -0.1) is 0 Å². The average Bonchev–Trinajstić information content (AvgIpc) is 2.17. The van der Waals surface area contributed by atoms with Crippen molar-refractivity contribution in [1.82, 2.24) is 0 Å². The van der Waals surface area contributed by atoms with Crippen molar-refractivity contribution in [1.29, 1.82) is 0 Å². The number of halogens is 1. The van der Waals surface area contributed by atoms with Crippen LogP contribution in [0.5, 0.6) is 23.0 Å². The minimum absolute atomic E-state index is 0.0440. The van der Waals surface area contributed by atoms with Crippen LogP contribution < -0.4 is 9.47 Å². The highest BCUT2D eigenvalue weighted by Crippen LogP contribution is 2.49. The molecule has 0 atom stereocenters. The fourth-order valence-corrected chi connectivity index (χ4v) is 1.46. The van der Waals surface area contributed by atoms with Crippen molar-refractivity contribution in [2.24, 2.45) is 0 Å². The Bertz CT molecular complexity index is 298. The van der Waals surface area contributed by atoms with E-state index >= 15 is 0 Å². The molecule has 0 amide bonds. The van der Waals surface area contributed by atoms with Gasteiger partial charge in [0.05, 0.1) is 19.2 Å². The van der Waals surface area contributed by atoms with Crippen LogP contribution in [0.2, 0.25) is 5.02 Å². The van der Waals surface area contributed by atoms with E-state index < -0.39 is 5.75 Å². The smallest absolute Gasteiger partial charge is 0.206 e. The topological polar surface area (TPSA) is 58.9 Å². The maximum atomic E-state index is 9.50. The van der Waals surface area contributed by atoms with E-state index in [1.807, 2.05) is 0 Å². The standard InChI is InChI=1S/C9H11ClO4/c1-4-5(10)9(14-3)7(12)6(11)8(4)13-2/h11-12H,1-3H3. The lowest BCUT2D eigenvalue weighted by Gasteiger charge is -2.14. The van der Waals surface area contributed by atoms with E-state index in [4.69, 9.17) is 21.1 Å². The lowest BCUT2D eigenvalue weighted by atomic mass is 10.1. The number of hydrogen-bond acceptors (Lipinski definition) is 4. The van der Waals surface area contributed by atoms with Crippen LogP contribution in [0, 0.1) is 6.92 Å². The summed E-state index contributed by atoms with van der Waals surface area (Å²) in [5.74, 6) is -0.595. The minimum Gasteiger partial charge on any atom is -0.502 e. The van der Waals surface area contributed by atoms with Crippen molar-refractivity contribution in [2.45, 2.75) is 6.92 Å². The molecule has 0 unspecified atom stereocenters. The predicted octanol–water partition coefficient (Wildman–Crippen LogP) is 2.08. The molecule has 1 aromatic carbocycles. The van der Waals surface area contributed by atoms with E-state index in [1.165, 1.54) is 14.2 Å². The highest BCUT2D eigenvalue weighted by Gasteiger charge is 2.21. The van der Waals surface area contributed by atoms with Crippen molar-refractivity contribution < 1.29 is 19.7 Å². The number of hydrogen-bond donors (Lipinski definition) is 2. The molecule has 0 aliphatic carbocycles. The number of rotatable bonds is 2.